The van der Waals surface area contributed by atoms with Crippen molar-refractivity contribution in [3.05, 3.63) is 70.2 Å². The van der Waals surface area contributed by atoms with Crippen molar-refractivity contribution >= 4 is 21.8 Å². The topological polar surface area (TPSA) is 41.6 Å². The zero-order valence-electron chi connectivity index (χ0n) is 16.0. The highest BCUT2D eigenvalue weighted by atomic mass is 79.9. The van der Waals surface area contributed by atoms with E-state index >= 15 is 0 Å². The zero-order valence-corrected chi connectivity index (χ0v) is 17.5. The Labute approximate surface area is 170 Å². The second-order valence-electron chi connectivity index (χ2n) is 7.69. The molecule has 2 aromatic rings. The highest BCUT2D eigenvalue weighted by Gasteiger charge is 2.28. The van der Waals surface area contributed by atoms with Crippen molar-refractivity contribution in [1.29, 1.82) is 0 Å². The lowest BCUT2D eigenvalue weighted by molar-refractivity contribution is -0.139. The molecule has 0 spiro atoms. The predicted octanol–water partition coefficient (Wildman–Crippen LogP) is 3.74. The fourth-order valence-corrected chi connectivity index (χ4v) is 3.68. The first-order valence-electron chi connectivity index (χ1n) is 9.36. The number of benzene rings is 2. The van der Waals surface area contributed by atoms with Crippen LogP contribution in [-0.2, 0) is 21.5 Å². The Morgan fingerprint density at radius 2 is 2.00 bits per heavy atom. The van der Waals surface area contributed by atoms with Crippen LogP contribution in [0.4, 0.5) is 0 Å². The molecule has 144 valence electrons. The molecule has 2 aromatic carbocycles. The first-order valence-corrected chi connectivity index (χ1v) is 10.1. The molecule has 1 atom stereocenters. The molecular weight excluding hydrogens is 404 g/mol. The summed E-state index contributed by atoms with van der Waals surface area (Å²) in [6, 6.07) is 18.6. The Morgan fingerprint density at radius 1 is 1.22 bits per heavy atom. The first kappa shape index (κ1) is 20.1. The summed E-state index contributed by atoms with van der Waals surface area (Å²) in [7, 11) is 0. The van der Waals surface area contributed by atoms with Crippen LogP contribution in [0.25, 0.3) is 0 Å². The minimum Gasteiger partial charge on any atom is -0.366 e. The van der Waals surface area contributed by atoms with E-state index in [4.69, 9.17) is 4.74 Å². The van der Waals surface area contributed by atoms with Gasteiger partial charge in [-0.1, -0.05) is 72.2 Å². The summed E-state index contributed by atoms with van der Waals surface area (Å²) in [6.07, 6.45) is -0.416. The van der Waals surface area contributed by atoms with Gasteiger partial charge in [0.1, 0.15) is 6.10 Å². The second kappa shape index (κ2) is 9.00. The van der Waals surface area contributed by atoms with E-state index in [0.717, 1.165) is 17.6 Å². The quantitative estimate of drug-likeness (QED) is 0.758. The minimum atomic E-state index is -0.416. The number of rotatable bonds is 6. The van der Waals surface area contributed by atoms with Crippen molar-refractivity contribution in [1.82, 2.24) is 10.2 Å². The van der Waals surface area contributed by atoms with Crippen LogP contribution in [0.3, 0.4) is 0 Å². The number of amides is 1. The predicted molar refractivity (Wildman–Crippen MR) is 112 cm³/mol. The molecule has 1 aliphatic rings. The summed E-state index contributed by atoms with van der Waals surface area (Å²) in [5.74, 6) is -0.0316. The van der Waals surface area contributed by atoms with Gasteiger partial charge >= 0.3 is 0 Å². The smallest absolute Gasteiger partial charge is 0.250 e. The number of ether oxygens (including phenoxy) is 1. The Morgan fingerprint density at radius 3 is 2.74 bits per heavy atom. The average molecular weight is 431 g/mol. The molecule has 3 rings (SSSR count). The molecule has 1 amide bonds. The van der Waals surface area contributed by atoms with Crippen LogP contribution in [0, 0.1) is 0 Å². The van der Waals surface area contributed by atoms with Gasteiger partial charge in [0.15, 0.2) is 0 Å². The summed E-state index contributed by atoms with van der Waals surface area (Å²) in [5.41, 5.74) is 2.29. The largest absolute Gasteiger partial charge is 0.366 e. The standard InChI is InChI=1S/C22H27BrN2O2/c1-22(2,18-9-6-10-19(23)13-18)16-24-21(26)20-15-25(11-12-27-20)14-17-7-4-3-5-8-17/h3-10,13,20H,11-12,14-16H2,1-2H3,(H,24,26). The van der Waals surface area contributed by atoms with Gasteiger partial charge in [-0.05, 0) is 23.3 Å². The number of nitrogens with zero attached hydrogens (tertiary/aromatic N) is 1. The fourth-order valence-electron chi connectivity index (χ4n) is 3.28. The van der Waals surface area contributed by atoms with Gasteiger partial charge in [0.2, 0.25) is 0 Å². The fraction of sp³-hybridized carbons (Fsp3) is 0.409. The van der Waals surface area contributed by atoms with Crippen molar-refractivity contribution in [3.8, 4) is 0 Å². The van der Waals surface area contributed by atoms with E-state index in [1.807, 2.05) is 30.3 Å². The van der Waals surface area contributed by atoms with Crippen molar-refractivity contribution < 1.29 is 9.53 Å². The molecule has 1 unspecified atom stereocenters. The van der Waals surface area contributed by atoms with Gasteiger partial charge in [-0.3, -0.25) is 9.69 Å². The molecule has 1 fully saturated rings. The third kappa shape index (κ3) is 5.64. The summed E-state index contributed by atoms with van der Waals surface area (Å²) in [5, 5.41) is 3.09. The molecule has 4 nitrogen and oxygen atoms in total. The van der Waals surface area contributed by atoms with Crippen LogP contribution in [0.15, 0.2) is 59.1 Å². The van der Waals surface area contributed by atoms with Crippen LogP contribution in [0.2, 0.25) is 0 Å². The number of morpholine rings is 1. The molecule has 1 saturated heterocycles. The second-order valence-corrected chi connectivity index (χ2v) is 8.61. The summed E-state index contributed by atoms with van der Waals surface area (Å²) >= 11 is 3.52. The number of nitrogens with one attached hydrogen (secondary N) is 1. The normalized spacial score (nSPS) is 18.3. The van der Waals surface area contributed by atoms with Gasteiger partial charge in [0.05, 0.1) is 6.61 Å². The number of carbonyl (C=O) groups excluding carboxylic acids is 1. The maximum absolute atomic E-state index is 12.7. The number of hydrogen-bond acceptors (Lipinski definition) is 3. The maximum atomic E-state index is 12.7. The van der Waals surface area contributed by atoms with Crippen LogP contribution in [-0.4, -0.2) is 43.2 Å². The molecular formula is C22H27BrN2O2. The van der Waals surface area contributed by atoms with Crippen LogP contribution in [0.5, 0.6) is 0 Å². The van der Waals surface area contributed by atoms with Crippen LogP contribution in [0.1, 0.15) is 25.0 Å². The van der Waals surface area contributed by atoms with Gasteiger partial charge in [-0.2, -0.15) is 0 Å². The molecule has 5 heteroatoms. The molecule has 0 bridgehead atoms. The lowest BCUT2D eigenvalue weighted by Gasteiger charge is -2.33. The van der Waals surface area contributed by atoms with Crippen molar-refractivity contribution in [2.45, 2.75) is 31.9 Å². The minimum absolute atomic E-state index is 0.0316. The van der Waals surface area contributed by atoms with E-state index < -0.39 is 6.10 Å². The Hall–Kier alpha value is -1.69. The molecule has 27 heavy (non-hydrogen) atoms. The lowest BCUT2D eigenvalue weighted by Crippen LogP contribution is -2.51. The van der Waals surface area contributed by atoms with E-state index in [2.05, 4.69) is 64.3 Å². The molecule has 0 aliphatic carbocycles. The third-order valence-electron chi connectivity index (χ3n) is 5.00. The van der Waals surface area contributed by atoms with E-state index in [0.29, 0.717) is 19.7 Å². The molecule has 1 N–H and O–H groups in total. The molecule has 0 aromatic heterocycles. The van der Waals surface area contributed by atoms with E-state index in [1.165, 1.54) is 11.1 Å². The van der Waals surface area contributed by atoms with Crippen molar-refractivity contribution in [2.75, 3.05) is 26.2 Å². The zero-order chi connectivity index (χ0) is 19.3. The van der Waals surface area contributed by atoms with Crippen molar-refractivity contribution in [3.63, 3.8) is 0 Å². The molecule has 1 heterocycles. The van der Waals surface area contributed by atoms with Gasteiger partial charge in [-0.15, -0.1) is 0 Å². The number of hydrogen-bond donors (Lipinski definition) is 1. The number of halogens is 1. The Bertz CT molecular complexity index is 764. The van der Waals surface area contributed by atoms with Crippen LogP contribution >= 0.6 is 15.9 Å². The Kier molecular flexibility index (Phi) is 6.68. The highest BCUT2D eigenvalue weighted by molar-refractivity contribution is 9.10. The van der Waals surface area contributed by atoms with E-state index in [9.17, 15) is 4.79 Å². The molecule has 0 saturated carbocycles. The van der Waals surface area contributed by atoms with Gasteiger partial charge < -0.3 is 10.1 Å². The first-order chi connectivity index (χ1) is 12.9. The summed E-state index contributed by atoms with van der Waals surface area (Å²) in [4.78, 5) is 14.9. The van der Waals surface area contributed by atoms with Gasteiger partial charge in [0, 0.05) is 36.1 Å². The highest BCUT2D eigenvalue weighted by Crippen LogP contribution is 2.25. The molecule has 1 aliphatic heterocycles. The molecule has 0 radical (unpaired) electrons. The number of carbonyl (C=O) groups is 1. The van der Waals surface area contributed by atoms with E-state index in [-0.39, 0.29) is 11.3 Å². The summed E-state index contributed by atoms with van der Waals surface area (Å²) < 4.78 is 6.78. The third-order valence-corrected chi connectivity index (χ3v) is 5.50. The van der Waals surface area contributed by atoms with Gasteiger partial charge in [0.25, 0.3) is 5.91 Å². The Balaban J connectivity index is 1.54. The van der Waals surface area contributed by atoms with Crippen LogP contribution < -0.4 is 5.32 Å². The van der Waals surface area contributed by atoms with Crippen molar-refractivity contribution in [2.24, 2.45) is 0 Å². The van der Waals surface area contributed by atoms with Gasteiger partial charge in [-0.25, -0.2) is 0 Å². The van der Waals surface area contributed by atoms with E-state index in [1.54, 1.807) is 0 Å². The maximum Gasteiger partial charge on any atom is 0.250 e. The monoisotopic (exact) mass is 430 g/mol. The SMILES string of the molecule is CC(C)(CNC(=O)C1CN(Cc2ccccc2)CCO1)c1cccc(Br)c1. The lowest BCUT2D eigenvalue weighted by atomic mass is 9.84. The average Bonchev–Trinajstić information content (AvgIpc) is 2.67. The summed E-state index contributed by atoms with van der Waals surface area (Å²) in [6.45, 7) is 7.75.